The molecule has 1 atom stereocenters. The zero-order valence-electron chi connectivity index (χ0n) is 16.9. The second-order valence-corrected chi connectivity index (χ2v) is 7.80. The van der Waals surface area contributed by atoms with E-state index in [1.165, 1.54) is 12.1 Å². The number of rotatable bonds is 3. The summed E-state index contributed by atoms with van der Waals surface area (Å²) in [4.78, 5) is 24.1. The summed E-state index contributed by atoms with van der Waals surface area (Å²) in [6.07, 6.45) is 3.63. The van der Waals surface area contributed by atoms with Crippen LogP contribution in [0.15, 0.2) is 36.5 Å². The van der Waals surface area contributed by atoms with Crippen molar-refractivity contribution in [3.8, 4) is 6.07 Å². The summed E-state index contributed by atoms with van der Waals surface area (Å²) in [5.41, 5.74) is 2.78. The summed E-state index contributed by atoms with van der Waals surface area (Å²) in [6, 6.07) is 9.79. The first-order valence-electron chi connectivity index (χ1n) is 9.98. The van der Waals surface area contributed by atoms with Crippen molar-refractivity contribution in [1.29, 1.82) is 5.26 Å². The molecule has 0 aliphatic carbocycles. The van der Waals surface area contributed by atoms with Crippen LogP contribution in [-0.2, 0) is 0 Å². The third-order valence-corrected chi connectivity index (χ3v) is 5.40. The highest BCUT2D eigenvalue weighted by Gasteiger charge is 2.25. The third kappa shape index (κ3) is 3.81. The lowest BCUT2D eigenvalue weighted by molar-refractivity contribution is 0.0684. The van der Waals surface area contributed by atoms with Gasteiger partial charge >= 0.3 is 0 Å². The van der Waals surface area contributed by atoms with E-state index < -0.39 is 5.82 Å². The van der Waals surface area contributed by atoms with E-state index in [2.05, 4.69) is 22.2 Å². The zero-order valence-corrected chi connectivity index (χ0v) is 16.9. The van der Waals surface area contributed by atoms with Crippen molar-refractivity contribution in [2.24, 2.45) is 5.92 Å². The Hall–Kier alpha value is -3.53. The van der Waals surface area contributed by atoms with E-state index in [1.807, 2.05) is 30.0 Å². The Balaban J connectivity index is 1.81. The number of piperidine rings is 1. The number of nitriles is 1. The molecular weight excluding hydrogens is 381 g/mol. The number of hydrogen-bond donors (Lipinski definition) is 1. The minimum atomic E-state index is -0.585. The van der Waals surface area contributed by atoms with Crippen LogP contribution in [0.1, 0.15) is 41.4 Å². The number of halogens is 1. The number of nitrogens with zero attached hydrogens (tertiary/aromatic N) is 4. The molecule has 2 aromatic heterocycles. The Labute approximate surface area is 174 Å². The van der Waals surface area contributed by atoms with Crippen LogP contribution < -0.4 is 5.32 Å². The number of aryl methyl sites for hydroxylation is 1. The molecule has 4 rings (SSSR count). The van der Waals surface area contributed by atoms with E-state index in [4.69, 9.17) is 5.26 Å². The highest BCUT2D eigenvalue weighted by Crippen LogP contribution is 2.31. The number of pyridine rings is 2. The molecule has 6 nitrogen and oxygen atoms in total. The second-order valence-electron chi connectivity index (χ2n) is 7.80. The van der Waals surface area contributed by atoms with Crippen molar-refractivity contribution < 1.29 is 9.18 Å². The second kappa shape index (κ2) is 8.07. The highest BCUT2D eigenvalue weighted by molar-refractivity contribution is 6.07. The summed E-state index contributed by atoms with van der Waals surface area (Å²) < 4.78 is 13.8. The Bertz CT molecular complexity index is 1170. The summed E-state index contributed by atoms with van der Waals surface area (Å²) in [5.74, 6) is -0.229. The van der Waals surface area contributed by atoms with Crippen molar-refractivity contribution >= 4 is 28.3 Å². The SMILES string of the molecule is Cc1ccc2c(Nc3ccc(F)c(C#N)c3)c(C(=O)N3CCC[C@H](C)C3)cnc2n1. The fourth-order valence-corrected chi connectivity index (χ4v) is 3.85. The first kappa shape index (κ1) is 19.8. The van der Waals surface area contributed by atoms with Gasteiger partial charge in [0.25, 0.3) is 5.91 Å². The fourth-order valence-electron chi connectivity index (χ4n) is 3.85. The summed E-state index contributed by atoms with van der Waals surface area (Å²) in [7, 11) is 0. The molecule has 1 aromatic carbocycles. The molecule has 1 amide bonds. The lowest BCUT2D eigenvalue weighted by atomic mass is 9.99. The van der Waals surface area contributed by atoms with Gasteiger partial charge in [-0.2, -0.15) is 5.26 Å². The van der Waals surface area contributed by atoms with Gasteiger partial charge in [-0.1, -0.05) is 6.92 Å². The largest absolute Gasteiger partial charge is 0.354 e. The van der Waals surface area contributed by atoms with Crippen LogP contribution >= 0.6 is 0 Å². The van der Waals surface area contributed by atoms with Gasteiger partial charge in [0.2, 0.25) is 0 Å². The fraction of sp³-hybridized carbons (Fsp3) is 0.304. The standard InChI is InChI=1S/C23H22FN5O/c1-14-4-3-9-29(13-14)23(30)19-12-26-22-18(7-5-15(2)27-22)21(19)28-17-6-8-20(24)16(10-17)11-25/h5-8,10,12,14H,3-4,9,13H2,1-2H3,(H,26,27,28)/t14-/m0/s1. The maximum atomic E-state index is 13.8. The normalized spacial score (nSPS) is 16.3. The van der Waals surface area contributed by atoms with Crippen LogP contribution in [-0.4, -0.2) is 33.9 Å². The van der Waals surface area contributed by atoms with E-state index in [1.54, 1.807) is 12.3 Å². The van der Waals surface area contributed by atoms with Gasteiger partial charge in [-0.25, -0.2) is 14.4 Å². The monoisotopic (exact) mass is 403 g/mol. The molecule has 0 spiro atoms. The summed E-state index contributed by atoms with van der Waals surface area (Å²) in [5, 5.41) is 13.1. The topological polar surface area (TPSA) is 81.9 Å². The third-order valence-electron chi connectivity index (χ3n) is 5.40. The van der Waals surface area contributed by atoms with Gasteiger partial charge in [-0.05, 0) is 56.0 Å². The van der Waals surface area contributed by atoms with E-state index in [9.17, 15) is 9.18 Å². The maximum Gasteiger partial charge on any atom is 0.257 e. The molecule has 3 heterocycles. The number of nitrogens with one attached hydrogen (secondary N) is 1. The number of likely N-dealkylation sites (tertiary alicyclic amines) is 1. The molecule has 1 N–H and O–H groups in total. The van der Waals surface area contributed by atoms with Crippen molar-refractivity contribution in [3.63, 3.8) is 0 Å². The molecule has 30 heavy (non-hydrogen) atoms. The number of amides is 1. The molecule has 0 unspecified atom stereocenters. The Morgan fingerprint density at radius 1 is 1.33 bits per heavy atom. The molecule has 1 fully saturated rings. The minimum absolute atomic E-state index is 0.0648. The molecule has 1 saturated heterocycles. The van der Waals surface area contributed by atoms with Crippen molar-refractivity contribution in [2.75, 3.05) is 18.4 Å². The molecule has 7 heteroatoms. The average molecular weight is 403 g/mol. The number of fused-ring (bicyclic) bond motifs is 1. The molecule has 1 aliphatic rings. The zero-order chi connectivity index (χ0) is 21.3. The van der Waals surface area contributed by atoms with Gasteiger partial charge in [0.05, 0.1) is 16.8 Å². The van der Waals surface area contributed by atoms with Crippen LogP contribution in [0.2, 0.25) is 0 Å². The molecule has 3 aromatic rings. The van der Waals surface area contributed by atoms with Gasteiger partial charge in [0.15, 0.2) is 5.65 Å². The highest BCUT2D eigenvalue weighted by atomic mass is 19.1. The van der Waals surface area contributed by atoms with Crippen LogP contribution in [0.5, 0.6) is 0 Å². The van der Waals surface area contributed by atoms with Crippen LogP contribution in [0.25, 0.3) is 11.0 Å². The smallest absolute Gasteiger partial charge is 0.257 e. The molecule has 0 radical (unpaired) electrons. The van der Waals surface area contributed by atoms with Gasteiger partial charge in [-0.15, -0.1) is 0 Å². The van der Waals surface area contributed by atoms with Crippen LogP contribution in [0.3, 0.4) is 0 Å². The summed E-state index contributed by atoms with van der Waals surface area (Å²) in [6.45, 7) is 5.44. The molecular formula is C23H22FN5O. The van der Waals surface area contributed by atoms with Crippen LogP contribution in [0.4, 0.5) is 15.8 Å². The van der Waals surface area contributed by atoms with Gasteiger partial charge in [0.1, 0.15) is 11.9 Å². The van der Waals surface area contributed by atoms with Gasteiger partial charge in [0, 0.05) is 36.1 Å². The number of benzene rings is 1. The summed E-state index contributed by atoms with van der Waals surface area (Å²) >= 11 is 0. The Morgan fingerprint density at radius 3 is 2.93 bits per heavy atom. The van der Waals surface area contributed by atoms with E-state index in [-0.39, 0.29) is 11.5 Å². The molecule has 0 bridgehead atoms. The van der Waals surface area contributed by atoms with E-state index in [0.717, 1.165) is 18.5 Å². The number of anilines is 2. The first-order valence-corrected chi connectivity index (χ1v) is 9.98. The van der Waals surface area contributed by atoms with Crippen molar-refractivity contribution in [3.05, 3.63) is 59.2 Å². The quantitative estimate of drug-likeness (QED) is 0.693. The van der Waals surface area contributed by atoms with Crippen molar-refractivity contribution in [1.82, 2.24) is 14.9 Å². The van der Waals surface area contributed by atoms with Crippen molar-refractivity contribution in [2.45, 2.75) is 26.7 Å². The molecule has 1 aliphatic heterocycles. The number of carbonyl (C=O) groups excluding carboxylic acids is 1. The van der Waals surface area contributed by atoms with Gasteiger partial charge < -0.3 is 10.2 Å². The Kier molecular flexibility index (Phi) is 5.32. The van der Waals surface area contributed by atoms with Crippen LogP contribution in [0, 0.1) is 30.0 Å². The lowest BCUT2D eigenvalue weighted by Gasteiger charge is -2.31. The maximum absolute atomic E-state index is 13.8. The first-order chi connectivity index (χ1) is 14.5. The number of carbonyl (C=O) groups is 1. The Morgan fingerprint density at radius 2 is 2.17 bits per heavy atom. The minimum Gasteiger partial charge on any atom is -0.354 e. The lowest BCUT2D eigenvalue weighted by Crippen LogP contribution is -2.39. The predicted octanol–water partition coefficient (Wildman–Crippen LogP) is 4.56. The molecule has 0 saturated carbocycles. The van der Waals surface area contributed by atoms with Gasteiger partial charge in [-0.3, -0.25) is 4.79 Å². The average Bonchev–Trinajstić information content (AvgIpc) is 2.74. The predicted molar refractivity (Wildman–Crippen MR) is 113 cm³/mol. The van der Waals surface area contributed by atoms with E-state index in [0.29, 0.717) is 47.0 Å². The van der Waals surface area contributed by atoms with E-state index >= 15 is 0 Å². The number of aromatic nitrogens is 2. The molecule has 152 valence electrons. The number of hydrogen-bond acceptors (Lipinski definition) is 5.